The molecule has 1 aromatic rings. The highest BCUT2D eigenvalue weighted by molar-refractivity contribution is 7.89. The molecule has 1 aromatic heterocycles. The second-order valence-electron chi connectivity index (χ2n) is 6.72. The molecule has 0 aromatic carbocycles. The third-order valence-corrected chi connectivity index (χ3v) is 5.80. The van der Waals surface area contributed by atoms with E-state index in [-0.39, 0.29) is 10.9 Å². The number of amides is 3. The number of hydrogen-bond donors (Lipinski definition) is 3. The van der Waals surface area contributed by atoms with Crippen LogP contribution in [-0.4, -0.2) is 55.3 Å². The number of ether oxygens (including phenoxy) is 1. The molecule has 3 N–H and O–H groups in total. The first kappa shape index (κ1) is 21.8. The van der Waals surface area contributed by atoms with Gasteiger partial charge in [-0.15, -0.1) is 0 Å². The van der Waals surface area contributed by atoms with Crippen LogP contribution in [0.5, 0.6) is 0 Å². The van der Waals surface area contributed by atoms with Gasteiger partial charge in [-0.3, -0.25) is 19.6 Å². The highest BCUT2D eigenvalue weighted by Crippen LogP contribution is 2.23. The maximum atomic E-state index is 11.9. The first-order chi connectivity index (χ1) is 13.2. The van der Waals surface area contributed by atoms with E-state index in [1.165, 1.54) is 10.9 Å². The fourth-order valence-corrected chi connectivity index (χ4v) is 3.82. The molecular formula is C16H25N5O6S. The molecule has 0 aliphatic heterocycles. The van der Waals surface area contributed by atoms with Crippen LogP contribution in [0.1, 0.15) is 32.6 Å². The standard InChI is InChI=1S/C16H25N5O6S/c1-11-5-3-4-6-13(11)19-16(24)20-14(22)10-27-15(23)8-18-28(25,26)12-7-17-21(2)9-12/h7,9,11,13,18H,3-6,8,10H2,1-2H3,(H2,19,20,22,24). The molecule has 3 amide bonds. The lowest BCUT2D eigenvalue weighted by atomic mass is 9.86. The average Bonchev–Trinajstić information content (AvgIpc) is 3.07. The van der Waals surface area contributed by atoms with E-state index in [9.17, 15) is 22.8 Å². The molecule has 156 valence electrons. The summed E-state index contributed by atoms with van der Waals surface area (Å²) in [6, 6.07) is -0.636. The molecule has 11 nitrogen and oxygen atoms in total. The zero-order chi connectivity index (χ0) is 20.7. The third-order valence-electron chi connectivity index (χ3n) is 4.44. The molecule has 12 heteroatoms. The van der Waals surface area contributed by atoms with Crippen LogP contribution in [0.25, 0.3) is 0 Å². The number of imide groups is 1. The number of nitrogens with one attached hydrogen (secondary N) is 3. The Kier molecular flexibility index (Phi) is 7.52. The molecule has 0 bridgehead atoms. The van der Waals surface area contributed by atoms with E-state index < -0.39 is 41.1 Å². The Balaban J connectivity index is 1.69. The Morgan fingerprint density at radius 3 is 2.64 bits per heavy atom. The minimum absolute atomic E-state index is 0.00554. The number of aryl methyl sites for hydroxylation is 1. The number of aromatic nitrogens is 2. The summed E-state index contributed by atoms with van der Waals surface area (Å²) >= 11 is 0. The Labute approximate surface area is 163 Å². The van der Waals surface area contributed by atoms with E-state index in [1.54, 1.807) is 7.05 Å². The fraction of sp³-hybridized carbons (Fsp3) is 0.625. The van der Waals surface area contributed by atoms with Crippen molar-refractivity contribution in [2.75, 3.05) is 13.2 Å². The molecule has 1 aliphatic rings. The Morgan fingerprint density at radius 2 is 2.00 bits per heavy atom. The van der Waals surface area contributed by atoms with Crippen molar-refractivity contribution in [1.82, 2.24) is 25.1 Å². The highest BCUT2D eigenvalue weighted by Gasteiger charge is 2.23. The predicted octanol–water partition coefficient (Wildman–Crippen LogP) is -0.354. The van der Waals surface area contributed by atoms with Gasteiger partial charge in [0.25, 0.3) is 5.91 Å². The summed E-state index contributed by atoms with van der Waals surface area (Å²) in [4.78, 5) is 35.1. The quantitative estimate of drug-likeness (QED) is 0.515. The molecular weight excluding hydrogens is 390 g/mol. The van der Waals surface area contributed by atoms with Gasteiger partial charge in [0.2, 0.25) is 10.0 Å². The number of carbonyl (C=O) groups excluding carboxylic acids is 3. The number of urea groups is 1. The largest absolute Gasteiger partial charge is 0.455 e. The summed E-state index contributed by atoms with van der Waals surface area (Å²) in [5.41, 5.74) is 0. The van der Waals surface area contributed by atoms with E-state index in [4.69, 9.17) is 0 Å². The van der Waals surface area contributed by atoms with Crippen molar-refractivity contribution in [3.05, 3.63) is 12.4 Å². The number of carbonyl (C=O) groups is 3. The van der Waals surface area contributed by atoms with Gasteiger partial charge in [0.15, 0.2) is 6.61 Å². The normalized spacial score (nSPS) is 19.6. The summed E-state index contributed by atoms with van der Waals surface area (Å²) in [7, 11) is -2.36. The summed E-state index contributed by atoms with van der Waals surface area (Å²) < 4.78 is 31.9. The SMILES string of the molecule is CC1CCCCC1NC(=O)NC(=O)COC(=O)CNS(=O)(=O)c1cnn(C)c1. The zero-order valence-electron chi connectivity index (χ0n) is 15.8. The van der Waals surface area contributed by atoms with E-state index in [0.717, 1.165) is 31.9 Å². The third kappa shape index (κ3) is 6.60. The second-order valence-corrected chi connectivity index (χ2v) is 8.49. The van der Waals surface area contributed by atoms with Crippen molar-refractivity contribution in [1.29, 1.82) is 0 Å². The summed E-state index contributed by atoms with van der Waals surface area (Å²) in [6.07, 6.45) is 6.43. The lowest BCUT2D eigenvalue weighted by Gasteiger charge is -2.29. The van der Waals surface area contributed by atoms with Gasteiger partial charge in [-0.25, -0.2) is 13.2 Å². The summed E-state index contributed by atoms with van der Waals surface area (Å²) in [5.74, 6) is -1.42. The van der Waals surface area contributed by atoms with Crippen molar-refractivity contribution >= 4 is 27.9 Å². The summed E-state index contributed by atoms with van der Waals surface area (Å²) in [6.45, 7) is 0.692. The monoisotopic (exact) mass is 415 g/mol. The van der Waals surface area contributed by atoms with Gasteiger partial charge < -0.3 is 10.1 Å². The molecule has 2 rings (SSSR count). The lowest BCUT2D eigenvalue weighted by molar-refractivity contribution is -0.147. The number of hydrogen-bond acceptors (Lipinski definition) is 7. The molecule has 2 unspecified atom stereocenters. The Morgan fingerprint density at radius 1 is 1.29 bits per heavy atom. The van der Waals surface area contributed by atoms with Crippen LogP contribution >= 0.6 is 0 Å². The van der Waals surface area contributed by atoms with E-state index >= 15 is 0 Å². The summed E-state index contributed by atoms with van der Waals surface area (Å²) in [5, 5.41) is 8.56. The van der Waals surface area contributed by atoms with Gasteiger partial charge in [0, 0.05) is 19.3 Å². The van der Waals surface area contributed by atoms with Crippen molar-refractivity contribution in [3.63, 3.8) is 0 Å². The molecule has 0 spiro atoms. The first-order valence-electron chi connectivity index (χ1n) is 8.91. The molecule has 2 atom stereocenters. The van der Waals surface area contributed by atoms with Gasteiger partial charge in [0.05, 0.1) is 6.20 Å². The molecule has 0 saturated heterocycles. The van der Waals surface area contributed by atoms with E-state index in [0.29, 0.717) is 5.92 Å². The molecule has 28 heavy (non-hydrogen) atoms. The van der Waals surface area contributed by atoms with Crippen LogP contribution in [0.3, 0.4) is 0 Å². The zero-order valence-corrected chi connectivity index (χ0v) is 16.6. The van der Waals surface area contributed by atoms with Gasteiger partial charge in [-0.2, -0.15) is 9.82 Å². The lowest BCUT2D eigenvalue weighted by Crippen LogP contribution is -2.48. The molecule has 1 saturated carbocycles. The Hall–Kier alpha value is -2.47. The molecule has 0 radical (unpaired) electrons. The highest BCUT2D eigenvalue weighted by atomic mass is 32.2. The number of esters is 1. The van der Waals surface area contributed by atoms with Crippen LogP contribution in [0.2, 0.25) is 0 Å². The van der Waals surface area contributed by atoms with Crippen molar-refractivity contribution in [2.45, 2.75) is 43.5 Å². The van der Waals surface area contributed by atoms with Gasteiger partial charge >= 0.3 is 12.0 Å². The Bertz CT molecular complexity index is 821. The van der Waals surface area contributed by atoms with Crippen molar-refractivity contribution in [2.24, 2.45) is 13.0 Å². The predicted molar refractivity (Wildman–Crippen MR) is 97.4 cm³/mol. The number of rotatable bonds is 7. The van der Waals surface area contributed by atoms with Crippen LogP contribution in [0.15, 0.2) is 17.3 Å². The fourth-order valence-electron chi connectivity index (χ4n) is 2.87. The van der Waals surface area contributed by atoms with Crippen LogP contribution in [0, 0.1) is 5.92 Å². The molecule has 1 fully saturated rings. The van der Waals surface area contributed by atoms with Crippen LogP contribution in [-0.2, 0) is 31.4 Å². The van der Waals surface area contributed by atoms with Crippen LogP contribution in [0.4, 0.5) is 4.79 Å². The van der Waals surface area contributed by atoms with Gasteiger partial charge in [0.1, 0.15) is 11.4 Å². The molecule has 1 aliphatic carbocycles. The maximum absolute atomic E-state index is 11.9. The number of nitrogens with zero attached hydrogens (tertiary/aromatic N) is 2. The smallest absolute Gasteiger partial charge is 0.321 e. The van der Waals surface area contributed by atoms with Crippen LogP contribution < -0.4 is 15.4 Å². The van der Waals surface area contributed by atoms with E-state index in [2.05, 4.69) is 20.5 Å². The minimum Gasteiger partial charge on any atom is -0.455 e. The topological polar surface area (TPSA) is 148 Å². The number of sulfonamides is 1. The minimum atomic E-state index is -3.91. The molecule has 1 heterocycles. The maximum Gasteiger partial charge on any atom is 0.321 e. The van der Waals surface area contributed by atoms with Crippen molar-refractivity contribution < 1.29 is 27.5 Å². The first-order valence-corrected chi connectivity index (χ1v) is 10.4. The average molecular weight is 415 g/mol. The second kappa shape index (κ2) is 9.64. The van der Waals surface area contributed by atoms with Crippen molar-refractivity contribution in [3.8, 4) is 0 Å². The van der Waals surface area contributed by atoms with E-state index in [1.807, 2.05) is 11.6 Å². The van der Waals surface area contributed by atoms with Gasteiger partial charge in [-0.05, 0) is 18.8 Å². The van der Waals surface area contributed by atoms with Gasteiger partial charge in [-0.1, -0.05) is 19.8 Å².